The third-order valence-corrected chi connectivity index (χ3v) is 3.88. The van der Waals surface area contributed by atoms with Gasteiger partial charge in [0, 0.05) is 24.5 Å². The van der Waals surface area contributed by atoms with Crippen LogP contribution in [0, 0.1) is 17.6 Å². The molecule has 5 heteroatoms. The van der Waals surface area contributed by atoms with Gasteiger partial charge in [0.05, 0.1) is 6.42 Å². The zero-order chi connectivity index (χ0) is 14.0. The minimum Gasteiger partial charge on any atom is -0.345 e. The normalized spacial score (nSPS) is 21.9. The average molecular weight is 288 g/mol. The largest absolute Gasteiger partial charge is 0.345 e. The molecule has 1 aromatic carbocycles. The Morgan fingerprint density at radius 2 is 1.95 bits per heavy atom. The minimum atomic E-state index is -0.675. The van der Waals surface area contributed by atoms with Crippen molar-refractivity contribution in [2.45, 2.75) is 24.6 Å². The lowest BCUT2D eigenvalue weighted by atomic mass is 9.84. The van der Waals surface area contributed by atoms with Crippen LogP contribution in [-0.2, 0) is 11.2 Å². The second-order valence-electron chi connectivity index (χ2n) is 5.09. The maximum absolute atomic E-state index is 13.4. The van der Waals surface area contributed by atoms with Gasteiger partial charge < -0.3 is 4.90 Å². The Morgan fingerprint density at radius 1 is 1.37 bits per heavy atom. The van der Waals surface area contributed by atoms with Gasteiger partial charge in [-0.05, 0) is 30.9 Å². The molecule has 0 radical (unpaired) electrons. The van der Waals surface area contributed by atoms with Crippen LogP contribution < -0.4 is 0 Å². The molecule has 0 saturated heterocycles. The predicted octanol–water partition coefficient (Wildman–Crippen LogP) is 2.98. The Bertz CT molecular complexity index is 454. The summed E-state index contributed by atoms with van der Waals surface area (Å²) in [4.78, 5) is 13.5. The van der Waals surface area contributed by atoms with Crippen molar-refractivity contribution >= 4 is 17.5 Å². The summed E-state index contributed by atoms with van der Waals surface area (Å²) in [7, 11) is 1.66. The fraction of sp³-hybridized carbons (Fsp3) is 0.500. The smallest absolute Gasteiger partial charge is 0.226 e. The highest BCUT2D eigenvalue weighted by molar-refractivity contribution is 6.21. The van der Waals surface area contributed by atoms with Crippen LogP contribution in [0.3, 0.4) is 0 Å². The van der Waals surface area contributed by atoms with Crippen molar-refractivity contribution in [3.63, 3.8) is 0 Å². The van der Waals surface area contributed by atoms with E-state index in [2.05, 4.69) is 0 Å². The molecule has 1 aliphatic carbocycles. The van der Waals surface area contributed by atoms with Crippen molar-refractivity contribution in [2.75, 3.05) is 13.6 Å². The van der Waals surface area contributed by atoms with E-state index in [-0.39, 0.29) is 23.3 Å². The number of hydrogen-bond donors (Lipinski definition) is 0. The van der Waals surface area contributed by atoms with E-state index in [1.54, 1.807) is 7.05 Å². The van der Waals surface area contributed by atoms with Crippen molar-refractivity contribution in [3.8, 4) is 0 Å². The first kappa shape index (κ1) is 14.3. The molecule has 0 unspecified atom stereocenters. The van der Waals surface area contributed by atoms with Crippen molar-refractivity contribution in [1.29, 1.82) is 0 Å². The fourth-order valence-corrected chi connectivity index (χ4v) is 2.78. The number of rotatable bonds is 4. The van der Waals surface area contributed by atoms with Crippen molar-refractivity contribution < 1.29 is 13.6 Å². The highest BCUT2D eigenvalue weighted by Gasteiger charge is 2.29. The predicted molar refractivity (Wildman–Crippen MR) is 70.1 cm³/mol. The van der Waals surface area contributed by atoms with Crippen LogP contribution in [0.1, 0.15) is 18.4 Å². The molecule has 19 heavy (non-hydrogen) atoms. The second kappa shape index (κ2) is 5.87. The van der Waals surface area contributed by atoms with Gasteiger partial charge in [0.15, 0.2) is 0 Å². The second-order valence-corrected chi connectivity index (χ2v) is 5.70. The van der Waals surface area contributed by atoms with Gasteiger partial charge in [-0.1, -0.05) is 6.07 Å². The molecule has 104 valence electrons. The highest BCUT2D eigenvalue weighted by atomic mass is 35.5. The summed E-state index contributed by atoms with van der Waals surface area (Å²) in [5, 5.41) is 0.206. The molecule has 1 saturated carbocycles. The fourth-order valence-electron chi connectivity index (χ4n) is 2.28. The number of likely N-dealkylation sites (N-methyl/N-ethyl adjacent to an activating group) is 1. The number of carbonyl (C=O) groups excluding carboxylic acids is 1. The molecule has 1 fully saturated rings. The molecular weight excluding hydrogens is 272 g/mol. The van der Waals surface area contributed by atoms with Crippen molar-refractivity contribution in [1.82, 2.24) is 4.90 Å². The first-order valence-electron chi connectivity index (χ1n) is 6.28. The number of benzene rings is 1. The molecule has 1 aliphatic rings. The van der Waals surface area contributed by atoms with E-state index in [4.69, 9.17) is 11.6 Å². The molecule has 0 aromatic heterocycles. The number of carbonyl (C=O) groups is 1. The van der Waals surface area contributed by atoms with Gasteiger partial charge in [-0.3, -0.25) is 4.79 Å². The Labute approximate surface area is 116 Å². The lowest BCUT2D eigenvalue weighted by molar-refractivity contribution is -0.130. The maximum Gasteiger partial charge on any atom is 0.226 e. The van der Waals surface area contributed by atoms with Crippen LogP contribution in [0.2, 0.25) is 0 Å². The Hall–Kier alpha value is -1.16. The number of halogens is 3. The van der Waals surface area contributed by atoms with Crippen LogP contribution in [0.5, 0.6) is 0 Å². The van der Waals surface area contributed by atoms with Gasteiger partial charge >= 0.3 is 0 Å². The minimum absolute atomic E-state index is 0.164. The van der Waals surface area contributed by atoms with Crippen LogP contribution in [0.15, 0.2) is 18.2 Å². The molecule has 0 bridgehead atoms. The lowest BCUT2D eigenvalue weighted by Gasteiger charge is -2.34. The first-order chi connectivity index (χ1) is 8.97. The number of amides is 1. The van der Waals surface area contributed by atoms with Gasteiger partial charge in [-0.15, -0.1) is 11.6 Å². The van der Waals surface area contributed by atoms with Crippen LogP contribution >= 0.6 is 11.6 Å². The SMILES string of the molecule is CN(CC1CC(Cl)C1)C(=O)Cc1c(F)cccc1F. The summed E-state index contributed by atoms with van der Waals surface area (Å²) in [6.45, 7) is 0.595. The van der Waals surface area contributed by atoms with Crippen LogP contribution in [-0.4, -0.2) is 29.8 Å². The summed E-state index contributed by atoms with van der Waals surface area (Å²) in [6.07, 6.45) is 1.55. The molecule has 2 nitrogen and oxygen atoms in total. The zero-order valence-electron chi connectivity index (χ0n) is 10.7. The molecule has 0 spiro atoms. The summed E-state index contributed by atoms with van der Waals surface area (Å²) in [5.74, 6) is -1.22. The molecule has 0 heterocycles. The van der Waals surface area contributed by atoms with Crippen LogP contribution in [0.25, 0.3) is 0 Å². The monoisotopic (exact) mass is 287 g/mol. The zero-order valence-corrected chi connectivity index (χ0v) is 11.5. The molecule has 1 amide bonds. The summed E-state index contributed by atoms with van der Waals surface area (Å²) in [5.41, 5.74) is -0.164. The van der Waals surface area contributed by atoms with E-state index < -0.39 is 11.6 Å². The highest BCUT2D eigenvalue weighted by Crippen LogP contribution is 2.32. The van der Waals surface area contributed by atoms with Gasteiger partial charge in [0.2, 0.25) is 5.91 Å². The maximum atomic E-state index is 13.4. The third-order valence-electron chi connectivity index (χ3n) is 3.53. The standard InChI is InChI=1S/C14H16ClF2NO/c1-18(8-9-5-10(15)6-9)14(19)7-11-12(16)3-2-4-13(11)17/h2-4,9-10H,5-8H2,1H3. The molecule has 0 N–H and O–H groups in total. The van der Waals surface area contributed by atoms with Gasteiger partial charge in [-0.25, -0.2) is 8.78 Å². The van der Waals surface area contributed by atoms with Crippen LogP contribution in [0.4, 0.5) is 8.78 Å². The van der Waals surface area contributed by atoms with E-state index >= 15 is 0 Å². The molecular formula is C14H16ClF2NO. The van der Waals surface area contributed by atoms with Gasteiger partial charge in [-0.2, -0.15) is 0 Å². The Kier molecular flexibility index (Phi) is 4.40. The first-order valence-corrected chi connectivity index (χ1v) is 6.72. The number of alkyl halides is 1. The van der Waals surface area contributed by atoms with E-state index in [1.807, 2.05) is 0 Å². The van der Waals surface area contributed by atoms with E-state index in [0.29, 0.717) is 12.5 Å². The lowest BCUT2D eigenvalue weighted by Crippen LogP contribution is -2.38. The Morgan fingerprint density at radius 3 is 2.47 bits per heavy atom. The van der Waals surface area contributed by atoms with E-state index in [9.17, 15) is 13.6 Å². The van der Waals surface area contributed by atoms with Crippen molar-refractivity contribution in [2.24, 2.45) is 5.92 Å². The third kappa shape index (κ3) is 3.44. The summed E-state index contributed by atoms with van der Waals surface area (Å²) in [6, 6.07) is 3.61. The van der Waals surface area contributed by atoms with Gasteiger partial charge in [0.25, 0.3) is 0 Å². The number of hydrogen-bond acceptors (Lipinski definition) is 1. The topological polar surface area (TPSA) is 20.3 Å². The number of nitrogens with zero attached hydrogens (tertiary/aromatic N) is 1. The molecule has 0 atom stereocenters. The summed E-state index contributed by atoms with van der Waals surface area (Å²) < 4.78 is 26.9. The van der Waals surface area contributed by atoms with Crippen molar-refractivity contribution in [3.05, 3.63) is 35.4 Å². The Balaban J connectivity index is 1.93. The quantitative estimate of drug-likeness (QED) is 0.780. The molecule has 0 aliphatic heterocycles. The average Bonchev–Trinajstić information content (AvgIpc) is 2.31. The van der Waals surface area contributed by atoms with E-state index in [0.717, 1.165) is 25.0 Å². The summed E-state index contributed by atoms with van der Waals surface area (Å²) >= 11 is 5.88. The molecule has 2 rings (SSSR count). The van der Waals surface area contributed by atoms with E-state index in [1.165, 1.54) is 11.0 Å². The van der Waals surface area contributed by atoms with Gasteiger partial charge in [0.1, 0.15) is 11.6 Å². The molecule has 1 aromatic rings.